The molecule has 1 heterocycles. The summed E-state index contributed by atoms with van der Waals surface area (Å²) in [6, 6.07) is 12.4. The highest BCUT2D eigenvalue weighted by Gasteiger charge is 2.20. The van der Waals surface area contributed by atoms with Gasteiger partial charge in [0.2, 0.25) is 5.91 Å². The summed E-state index contributed by atoms with van der Waals surface area (Å²) in [5, 5.41) is 2.98. The molecule has 0 radical (unpaired) electrons. The molecular weight excluding hydrogens is 352 g/mol. The average molecular weight is 386 g/mol. The molecule has 0 fully saturated rings. The van der Waals surface area contributed by atoms with E-state index in [2.05, 4.69) is 34.5 Å². The van der Waals surface area contributed by atoms with Gasteiger partial charge in [0.05, 0.1) is 5.69 Å². The zero-order valence-electron chi connectivity index (χ0n) is 19.6. The Morgan fingerprint density at radius 1 is 1.26 bits per heavy atom. The first-order valence-corrected chi connectivity index (χ1v) is 10.2. The number of hydrogen-bond acceptors (Lipinski definition) is 3. The maximum Gasteiger partial charge on any atom is 0.224 e. The van der Waals surface area contributed by atoms with Crippen molar-refractivity contribution < 1.29 is 8.91 Å². The second kappa shape index (κ2) is 7.97. The monoisotopic (exact) mass is 385 g/mol. The highest BCUT2D eigenvalue weighted by Crippen LogP contribution is 2.36. The zero-order valence-corrected chi connectivity index (χ0v) is 17.4. The van der Waals surface area contributed by atoms with Gasteiger partial charge < -0.3 is 10.2 Å². The van der Waals surface area contributed by atoms with E-state index in [1.54, 1.807) is 0 Å². The van der Waals surface area contributed by atoms with Crippen LogP contribution in [0.4, 0.5) is 11.4 Å². The Balaban J connectivity index is 1.92. The summed E-state index contributed by atoms with van der Waals surface area (Å²) in [5.41, 5.74) is 4.99. The second-order valence-electron chi connectivity index (χ2n) is 8.46. The number of carbonyl (C=O) groups is 1. The lowest BCUT2D eigenvalue weighted by Gasteiger charge is -2.31. The molecule has 1 aliphatic heterocycles. The van der Waals surface area contributed by atoms with Crippen molar-refractivity contribution in [1.29, 1.82) is 0 Å². The molecule has 3 rings (SSSR count). The summed E-state index contributed by atoms with van der Waals surface area (Å²) < 4.78 is 23.2. The van der Waals surface area contributed by atoms with E-state index >= 15 is 0 Å². The number of benzene rings is 2. The van der Waals surface area contributed by atoms with E-state index in [-0.39, 0.29) is 11.3 Å². The molecule has 1 aliphatic rings. The number of fused-ring (bicyclic) bond motifs is 1. The largest absolute Gasteiger partial charge is 0.367 e. The fourth-order valence-corrected chi connectivity index (χ4v) is 4.03. The third-order valence-corrected chi connectivity index (χ3v) is 5.39. The van der Waals surface area contributed by atoms with Crippen LogP contribution in [0.1, 0.15) is 48.0 Å². The molecule has 0 saturated carbocycles. The molecule has 0 aromatic heterocycles. The van der Waals surface area contributed by atoms with Crippen LogP contribution in [0.3, 0.4) is 0 Å². The van der Waals surface area contributed by atoms with Gasteiger partial charge in [-0.15, -0.1) is 11.8 Å². The molecule has 2 aromatic carbocycles. The summed E-state index contributed by atoms with van der Waals surface area (Å²) in [6.07, 6.45) is -0.862. The molecule has 0 aliphatic carbocycles. The van der Waals surface area contributed by atoms with Crippen molar-refractivity contribution in [2.45, 2.75) is 52.0 Å². The number of rotatable bonds is 4. The van der Waals surface area contributed by atoms with Crippen LogP contribution >= 0.6 is 11.8 Å². The topological polar surface area (TPSA) is 32.3 Å². The first kappa shape index (κ1) is 16.1. The molecule has 4 heteroatoms. The quantitative estimate of drug-likeness (QED) is 0.690. The van der Waals surface area contributed by atoms with Crippen LogP contribution in [0.25, 0.3) is 0 Å². The fourth-order valence-electron chi connectivity index (χ4n) is 3.54. The molecule has 0 unspecified atom stereocenters. The number of aryl methyl sites for hydroxylation is 1. The Labute approximate surface area is 171 Å². The van der Waals surface area contributed by atoms with E-state index in [4.69, 9.17) is 4.11 Å². The second-order valence-corrected chi connectivity index (χ2v) is 9.11. The number of carbonyl (C=O) groups excluding carboxylic acids is 1. The van der Waals surface area contributed by atoms with Crippen molar-refractivity contribution in [1.82, 2.24) is 0 Å². The number of hydrogen-bond donors (Lipinski definition) is 1. The van der Waals surface area contributed by atoms with Crippen molar-refractivity contribution in [2.24, 2.45) is 5.41 Å². The van der Waals surface area contributed by atoms with Crippen LogP contribution in [0, 0.1) is 12.3 Å². The van der Waals surface area contributed by atoms with Gasteiger partial charge in [-0.25, -0.2) is 0 Å². The Morgan fingerprint density at radius 3 is 2.70 bits per heavy atom. The molecule has 1 N–H and O–H groups in total. The van der Waals surface area contributed by atoms with Gasteiger partial charge >= 0.3 is 0 Å². The number of nitrogens with one attached hydrogen (secondary N) is 1. The predicted molar refractivity (Wildman–Crippen MR) is 117 cm³/mol. The van der Waals surface area contributed by atoms with Crippen molar-refractivity contribution >= 4 is 29.0 Å². The van der Waals surface area contributed by atoms with Gasteiger partial charge in [-0.05, 0) is 53.8 Å². The third-order valence-electron chi connectivity index (χ3n) is 4.85. The van der Waals surface area contributed by atoms with E-state index in [1.165, 1.54) is 11.1 Å². The Morgan fingerprint density at radius 2 is 2.00 bits per heavy atom. The lowest BCUT2D eigenvalue weighted by atomic mass is 9.92. The minimum atomic E-state index is -2.19. The van der Waals surface area contributed by atoms with Crippen molar-refractivity contribution in [3.05, 3.63) is 53.1 Å². The molecule has 3 nitrogen and oxygen atoms in total. The standard InChI is InChI=1S/C23H30N2OS/c1-16-12-19(25-11-10-17-8-6-7-9-18(17)15-25)13-20(27-5)22(16)24-21(26)14-23(2,3)4/h6-9,12-13H,10-11,14-15H2,1-5H3,(H,24,26)/i5D3. The highest BCUT2D eigenvalue weighted by molar-refractivity contribution is 7.98. The zero-order chi connectivity index (χ0) is 22.1. The minimum absolute atomic E-state index is 0.0994. The average Bonchev–Trinajstić information content (AvgIpc) is 2.61. The maximum atomic E-state index is 12.6. The summed E-state index contributed by atoms with van der Waals surface area (Å²) in [4.78, 5) is 15.4. The number of nitrogens with zero attached hydrogens (tertiary/aromatic N) is 1. The number of anilines is 2. The molecule has 1 amide bonds. The summed E-state index contributed by atoms with van der Waals surface area (Å²) in [7, 11) is 0. The summed E-state index contributed by atoms with van der Waals surface area (Å²) in [5.74, 6) is -0.0994. The van der Waals surface area contributed by atoms with Crippen molar-refractivity contribution in [3.63, 3.8) is 0 Å². The number of thioether (sulfide) groups is 1. The smallest absolute Gasteiger partial charge is 0.224 e. The van der Waals surface area contributed by atoms with E-state index in [0.29, 0.717) is 17.0 Å². The lowest BCUT2D eigenvalue weighted by molar-refractivity contribution is -0.117. The Bertz CT molecular complexity index is 935. The normalized spacial score (nSPS) is 16.1. The predicted octanol–water partition coefficient (Wildman–Crippen LogP) is 5.65. The Hall–Kier alpha value is -1.94. The molecule has 144 valence electrons. The van der Waals surface area contributed by atoms with Crippen LogP contribution in [-0.2, 0) is 17.8 Å². The van der Waals surface area contributed by atoms with Gasteiger partial charge in [0.15, 0.2) is 0 Å². The summed E-state index contributed by atoms with van der Waals surface area (Å²) >= 11 is 0.824. The van der Waals surface area contributed by atoms with Gasteiger partial charge in [0.25, 0.3) is 0 Å². The van der Waals surface area contributed by atoms with Crippen LogP contribution in [0.15, 0.2) is 41.3 Å². The van der Waals surface area contributed by atoms with Gasteiger partial charge in [0.1, 0.15) is 0 Å². The lowest BCUT2D eigenvalue weighted by Crippen LogP contribution is -2.30. The molecule has 0 spiro atoms. The molecule has 0 atom stereocenters. The van der Waals surface area contributed by atoms with E-state index in [9.17, 15) is 4.79 Å². The van der Waals surface area contributed by atoms with E-state index < -0.39 is 6.18 Å². The molecular formula is C23H30N2OS. The molecule has 0 saturated heterocycles. The van der Waals surface area contributed by atoms with Crippen LogP contribution < -0.4 is 10.2 Å². The van der Waals surface area contributed by atoms with Crippen LogP contribution in [0.5, 0.6) is 0 Å². The van der Waals surface area contributed by atoms with Gasteiger partial charge in [-0.2, -0.15) is 0 Å². The van der Waals surface area contributed by atoms with E-state index in [1.807, 2.05) is 39.8 Å². The first-order chi connectivity index (χ1) is 13.9. The molecule has 0 bridgehead atoms. The maximum absolute atomic E-state index is 12.6. The van der Waals surface area contributed by atoms with Crippen molar-refractivity contribution in [3.8, 4) is 0 Å². The van der Waals surface area contributed by atoms with Crippen molar-refractivity contribution in [2.75, 3.05) is 22.9 Å². The highest BCUT2D eigenvalue weighted by atomic mass is 32.2. The Kier molecular flexibility index (Phi) is 4.74. The first-order valence-electron chi connectivity index (χ1n) is 10.9. The van der Waals surface area contributed by atoms with Crippen LogP contribution in [0.2, 0.25) is 0 Å². The van der Waals surface area contributed by atoms with Gasteiger partial charge in [-0.1, -0.05) is 45.0 Å². The van der Waals surface area contributed by atoms with Gasteiger partial charge in [-0.3, -0.25) is 4.79 Å². The molecule has 2 aromatic rings. The third kappa shape index (κ3) is 4.86. The fraction of sp³-hybridized carbons (Fsp3) is 0.435. The SMILES string of the molecule is [2H]C([2H])([2H])Sc1cc(N2CCc3ccccc3C2)cc(C)c1NC(=O)CC(C)(C)C. The summed E-state index contributed by atoms with van der Waals surface area (Å²) in [6.45, 7) is 9.63. The van der Waals surface area contributed by atoms with Gasteiger partial charge in [0, 0.05) is 34.2 Å². The van der Waals surface area contributed by atoms with E-state index in [0.717, 1.165) is 42.5 Å². The molecule has 27 heavy (non-hydrogen) atoms. The number of amides is 1. The minimum Gasteiger partial charge on any atom is -0.367 e. The van der Waals surface area contributed by atoms with Crippen LogP contribution in [-0.4, -0.2) is 18.6 Å².